The minimum atomic E-state index is -0.933. The van der Waals surface area contributed by atoms with Gasteiger partial charge in [-0.05, 0) is 60.5 Å². The van der Waals surface area contributed by atoms with Gasteiger partial charge in [-0.3, -0.25) is 4.79 Å². The normalized spacial score (nSPS) is 11.8. The lowest BCUT2D eigenvalue weighted by molar-refractivity contribution is -0.123. The lowest BCUT2D eigenvalue weighted by Gasteiger charge is -2.14. The number of hydrogen-bond donors (Lipinski definition) is 1. The van der Waals surface area contributed by atoms with Crippen molar-refractivity contribution in [3.05, 3.63) is 51.9 Å². The Morgan fingerprint density at radius 3 is 2.55 bits per heavy atom. The maximum atomic E-state index is 12.1. The maximum Gasteiger partial charge on any atom is 0.375 e. The molecule has 22 heavy (non-hydrogen) atoms. The molecule has 1 atom stereocenters. The van der Waals surface area contributed by atoms with E-state index in [0.29, 0.717) is 10.4 Å². The Balaban J connectivity index is 1.98. The molecule has 1 aromatic heterocycles. The number of nitrogens with one attached hydrogen (secondary N) is 1. The maximum absolute atomic E-state index is 12.1. The molecule has 1 aromatic carbocycles. The molecule has 1 unspecified atom stereocenters. The highest BCUT2D eigenvalue weighted by Crippen LogP contribution is 2.18. The second kappa shape index (κ2) is 6.79. The molecule has 5 nitrogen and oxygen atoms in total. The average molecular weight is 366 g/mol. The van der Waals surface area contributed by atoms with Crippen LogP contribution in [0.2, 0.25) is 0 Å². The quantitative estimate of drug-likeness (QED) is 0.835. The summed E-state index contributed by atoms with van der Waals surface area (Å²) in [5, 5.41) is 2.74. The highest BCUT2D eigenvalue weighted by atomic mass is 79.9. The zero-order chi connectivity index (χ0) is 16.3. The number of anilines is 1. The molecule has 0 bridgehead atoms. The monoisotopic (exact) mass is 365 g/mol. The van der Waals surface area contributed by atoms with Crippen molar-refractivity contribution in [2.24, 2.45) is 0 Å². The molecule has 1 amide bonds. The van der Waals surface area contributed by atoms with E-state index in [1.165, 1.54) is 13.0 Å². The van der Waals surface area contributed by atoms with Gasteiger partial charge in [0, 0.05) is 5.69 Å². The summed E-state index contributed by atoms with van der Waals surface area (Å²) in [6.45, 7) is 5.39. The molecule has 0 saturated carbocycles. The first-order valence-electron chi connectivity index (χ1n) is 6.71. The SMILES string of the molecule is Cc1ccc(NC(=O)C(C)OC(=O)c2ccc(Br)o2)c(C)c1. The molecule has 0 fully saturated rings. The predicted molar refractivity (Wildman–Crippen MR) is 85.8 cm³/mol. The lowest BCUT2D eigenvalue weighted by atomic mass is 10.1. The zero-order valence-corrected chi connectivity index (χ0v) is 14.1. The summed E-state index contributed by atoms with van der Waals surface area (Å²) in [4.78, 5) is 23.9. The number of esters is 1. The van der Waals surface area contributed by atoms with E-state index < -0.39 is 18.0 Å². The number of carbonyl (C=O) groups excluding carboxylic acids is 2. The molecule has 6 heteroatoms. The van der Waals surface area contributed by atoms with Crippen molar-refractivity contribution >= 4 is 33.5 Å². The van der Waals surface area contributed by atoms with Crippen LogP contribution in [0.1, 0.15) is 28.6 Å². The van der Waals surface area contributed by atoms with Crippen LogP contribution >= 0.6 is 15.9 Å². The summed E-state index contributed by atoms with van der Waals surface area (Å²) in [6.07, 6.45) is -0.933. The second-order valence-electron chi connectivity index (χ2n) is 4.96. The molecule has 116 valence electrons. The summed E-state index contributed by atoms with van der Waals surface area (Å²) in [5.74, 6) is -1.04. The first kappa shape index (κ1) is 16.3. The van der Waals surface area contributed by atoms with Gasteiger partial charge in [-0.25, -0.2) is 4.79 Å². The van der Waals surface area contributed by atoms with E-state index in [-0.39, 0.29) is 5.76 Å². The minimum absolute atomic E-state index is 0.0399. The van der Waals surface area contributed by atoms with Crippen LogP contribution in [0.3, 0.4) is 0 Å². The van der Waals surface area contributed by atoms with Crippen molar-refractivity contribution < 1.29 is 18.7 Å². The molecular weight excluding hydrogens is 350 g/mol. The van der Waals surface area contributed by atoms with Crippen LogP contribution in [0.15, 0.2) is 39.4 Å². The van der Waals surface area contributed by atoms with Crippen LogP contribution < -0.4 is 5.32 Å². The van der Waals surface area contributed by atoms with Crippen LogP contribution in [0.25, 0.3) is 0 Å². The number of halogens is 1. The van der Waals surface area contributed by atoms with Crippen molar-refractivity contribution in [2.75, 3.05) is 5.32 Å². The standard InChI is InChI=1S/C16H16BrNO4/c1-9-4-5-12(10(2)8-9)18-15(19)11(3)21-16(20)13-6-7-14(17)22-13/h4-8,11H,1-3H3,(H,18,19). The van der Waals surface area contributed by atoms with Crippen LogP contribution in [-0.2, 0) is 9.53 Å². The van der Waals surface area contributed by atoms with Gasteiger partial charge in [0.15, 0.2) is 10.8 Å². The lowest BCUT2D eigenvalue weighted by Crippen LogP contribution is -2.30. The average Bonchev–Trinajstić information content (AvgIpc) is 2.88. The van der Waals surface area contributed by atoms with Crippen molar-refractivity contribution in [2.45, 2.75) is 26.9 Å². The number of aryl methyl sites for hydroxylation is 2. The van der Waals surface area contributed by atoms with Gasteiger partial charge in [0.25, 0.3) is 5.91 Å². The Morgan fingerprint density at radius 1 is 1.23 bits per heavy atom. The van der Waals surface area contributed by atoms with Crippen molar-refractivity contribution in [3.63, 3.8) is 0 Å². The van der Waals surface area contributed by atoms with Crippen LogP contribution in [0, 0.1) is 13.8 Å². The summed E-state index contributed by atoms with van der Waals surface area (Å²) in [5.41, 5.74) is 2.75. The zero-order valence-electron chi connectivity index (χ0n) is 12.5. The molecule has 0 spiro atoms. The highest BCUT2D eigenvalue weighted by Gasteiger charge is 2.21. The van der Waals surface area contributed by atoms with E-state index in [4.69, 9.17) is 9.15 Å². The molecule has 0 saturated heterocycles. The van der Waals surface area contributed by atoms with E-state index in [1.54, 1.807) is 6.07 Å². The van der Waals surface area contributed by atoms with E-state index >= 15 is 0 Å². The molecule has 2 rings (SSSR count). The van der Waals surface area contributed by atoms with Gasteiger partial charge in [0.05, 0.1) is 0 Å². The number of ether oxygens (including phenoxy) is 1. The summed E-state index contributed by atoms with van der Waals surface area (Å²) >= 11 is 3.10. The van der Waals surface area contributed by atoms with Gasteiger partial charge in [0.2, 0.25) is 5.76 Å². The van der Waals surface area contributed by atoms with E-state index in [9.17, 15) is 9.59 Å². The van der Waals surface area contributed by atoms with Gasteiger partial charge < -0.3 is 14.5 Å². The molecule has 1 N–H and O–H groups in total. The molecule has 2 aromatic rings. The first-order valence-corrected chi connectivity index (χ1v) is 7.50. The molecule has 0 aliphatic rings. The van der Waals surface area contributed by atoms with Gasteiger partial charge in [0.1, 0.15) is 0 Å². The third-order valence-corrected chi connectivity index (χ3v) is 3.49. The summed E-state index contributed by atoms with van der Waals surface area (Å²) in [6, 6.07) is 8.74. The number of furan rings is 1. The van der Waals surface area contributed by atoms with Crippen LogP contribution in [0.4, 0.5) is 5.69 Å². The highest BCUT2D eigenvalue weighted by molar-refractivity contribution is 9.10. The van der Waals surface area contributed by atoms with Gasteiger partial charge in [-0.2, -0.15) is 0 Å². The van der Waals surface area contributed by atoms with E-state index in [2.05, 4.69) is 21.2 Å². The van der Waals surface area contributed by atoms with Crippen molar-refractivity contribution in [1.82, 2.24) is 0 Å². The fraction of sp³-hybridized carbons (Fsp3) is 0.250. The Morgan fingerprint density at radius 2 is 1.95 bits per heavy atom. The number of carbonyl (C=O) groups is 2. The molecule has 0 aliphatic carbocycles. The third kappa shape index (κ3) is 3.98. The fourth-order valence-corrected chi connectivity index (χ4v) is 2.19. The fourth-order valence-electron chi connectivity index (χ4n) is 1.88. The molecular formula is C16H16BrNO4. The summed E-state index contributed by atoms with van der Waals surface area (Å²) in [7, 11) is 0. The van der Waals surface area contributed by atoms with Crippen LogP contribution in [0.5, 0.6) is 0 Å². The van der Waals surface area contributed by atoms with Crippen LogP contribution in [-0.4, -0.2) is 18.0 Å². The smallest absolute Gasteiger partial charge is 0.375 e. The van der Waals surface area contributed by atoms with Gasteiger partial charge >= 0.3 is 5.97 Å². The Labute approximate surface area is 136 Å². The number of hydrogen-bond acceptors (Lipinski definition) is 4. The number of rotatable bonds is 4. The second-order valence-corrected chi connectivity index (χ2v) is 5.74. The molecule has 0 radical (unpaired) electrons. The van der Waals surface area contributed by atoms with Crippen molar-refractivity contribution in [3.8, 4) is 0 Å². The van der Waals surface area contributed by atoms with Gasteiger partial charge in [-0.1, -0.05) is 17.7 Å². The largest absolute Gasteiger partial charge is 0.447 e. The van der Waals surface area contributed by atoms with E-state index in [0.717, 1.165) is 11.1 Å². The summed E-state index contributed by atoms with van der Waals surface area (Å²) < 4.78 is 10.6. The first-order chi connectivity index (χ1) is 10.4. The topological polar surface area (TPSA) is 68.5 Å². The number of benzene rings is 1. The van der Waals surface area contributed by atoms with E-state index in [1.807, 2.05) is 32.0 Å². The van der Waals surface area contributed by atoms with Gasteiger partial charge in [-0.15, -0.1) is 0 Å². The van der Waals surface area contributed by atoms with Crippen molar-refractivity contribution in [1.29, 1.82) is 0 Å². The predicted octanol–water partition coefficient (Wildman–Crippen LogP) is 3.84. The minimum Gasteiger partial charge on any atom is -0.447 e. The third-order valence-electron chi connectivity index (χ3n) is 3.07. The Kier molecular flexibility index (Phi) is 5.03. The Bertz CT molecular complexity index is 708. The molecule has 0 aliphatic heterocycles. The number of amides is 1. The Hall–Kier alpha value is -2.08. The molecule has 1 heterocycles.